The molecule has 3 fully saturated rings. The fraction of sp³-hybridized carbons (Fsp3) is 0.778. The molecule has 0 N–H and O–H groups in total. The van der Waals surface area contributed by atoms with Gasteiger partial charge >= 0.3 is 6.18 Å². The van der Waals surface area contributed by atoms with E-state index in [1.807, 2.05) is 4.90 Å². The van der Waals surface area contributed by atoms with Gasteiger partial charge in [0.15, 0.2) is 5.69 Å². The quantitative estimate of drug-likeness (QED) is 0.822. The van der Waals surface area contributed by atoms with E-state index in [0.717, 1.165) is 38.0 Å². The molecule has 1 aliphatic carbocycles. The first-order chi connectivity index (χ1) is 12.4. The van der Waals surface area contributed by atoms with E-state index in [0.29, 0.717) is 25.9 Å². The van der Waals surface area contributed by atoms with Gasteiger partial charge in [-0.25, -0.2) is 0 Å². The van der Waals surface area contributed by atoms with Crippen LogP contribution >= 0.6 is 0 Å². The molecular formula is C18H25F3N4O. The zero-order valence-electron chi connectivity index (χ0n) is 14.8. The van der Waals surface area contributed by atoms with Gasteiger partial charge in [-0.2, -0.15) is 18.3 Å². The van der Waals surface area contributed by atoms with Gasteiger partial charge in [-0.1, -0.05) is 0 Å². The molecule has 0 bridgehead atoms. The van der Waals surface area contributed by atoms with E-state index >= 15 is 0 Å². The third-order valence-corrected chi connectivity index (χ3v) is 5.99. The van der Waals surface area contributed by atoms with Crippen molar-refractivity contribution in [3.63, 3.8) is 0 Å². The second kappa shape index (κ2) is 6.87. The van der Waals surface area contributed by atoms with E-state index in [2.05, 4.69) is 10.00 Å². The van der Waals surface area contributed by atoms with Crippen LogP contribution in [-0.2, 0) is 11.0 Å². The number of aromatic nitrogens is 2. The molecule has 3 aliphatic rings. The number of carbonyl (C=O) groups is 1. The van der Waals surface area contributed by atoms with Crippen LogP contribution in [0.5, 0.6) is 0 Å². The van der Waals surface area contributed by atoms with Gasteiger partial charge in [0, 0.05) is 31.2 Å². The van der Waals surface area contributed by atoms with Crippen LogP contribution in [0.4, 0.5) is 13.2 Å². The fourth-order valence-electron chi connectivity index (χ4n) is 4.25. The Bertz CT molecular complexity index is 639. The van der Waals surface area contributed by atoms with Crippen LogP contribution in [0.2, 0.25) is 0 Å². The molecule has 1 aromatic rings. The smallest absolute Gasteiger partial charge is 0.342 e. The minimum Gasteiger partial charge on any atom is -0.342 e. The van der Waals surface area contributed by atoms with Gasteiger partial charge < -0.3 is 9.80 Å². The van der Waals surface area contributed by atoms with Crippen LogP contribution in [0.1, 0.15) is 50.3 Å². The molecule has 0 aromatic carbocycles. The van der Waals surface area contributed by atoms with Crippen LogP contribution in [0.3, 0.4) is 0 Å². The molecule has 0 unspecified atom stereocenters. The molecule has 4 rings (SSSR count). The molecular weight excluding hydrogens is 345 g/mol. The van der Waals surface area contributed by atoms with Crippen molar-refractivity contribution in [1.82, 2.24) is 19.6 Å². The summed E-state index contributed by atoms with van der Waals surface area (Å²) in [6.07, 6.45) is 2.78. The molecule has 0 radical (unpaired) electrons. The van der Waals surface area contributed by atoms with Crippen molar-refractivity contribution in [3.8, 4) is 0 Å². The molecule has 2 aliphatic heterocycles. The number of piperidine rings is 2. The number of carbonyl (C=O) groups excluding carboxylic acids is 1. The minimum absolute atomic E-state index is 0.0631. The summed E-state index contributed by atoms with van der Waals surface area (Å²) in [7, 11) is 0. The van der Waals surface area contributed by atoms with Crippen molar-refractivity contribution in [1.29, 1.82) is 0 Å². The topological polar surface area (TPSA) is 41.4 Å². The summed E-state index contributed by atoms with van der Waals surface area (Å²) in [5.41, 5.74) is -0.849. The Hall–Kier alpha value is -1.57. The van der Waals surface area contributed by atoms with Crippen LogP contribution in [0, 0.1) is 5.92 Å². The van der Waals surface area contributed by atoms with Gasteiger partial charge in [-0.15, -0.1) is 0 Å². The van der Waals surface area contributed by atoms with Gasteiger partial charge in [-0.05, 0) is 57.7 Å². The third kappa shape index (κ3) is 3.75. The largest absolute Gasteiger partial charge is 0.435 e. The lowest BCUT2D eigenvalue weighted by molar-refractivity contribution is -0.141. The average Bonchev–Trinajstić information content (AvgIpc) is 3.36. The number of halogens is 3. The van der Waals surface area contributed by atoms with Crippen LogP contribution in [-0.4, -0.2) is 57.7 Å². The molecule has 2 saturated heterocycles. The lowest BCUT2D eigenvalue weighted by atomic mass is 9.93. The van der Waals surface area contributed by atoms with Gasteiger partial charge in [0.05, 0.1) is 6.04 Å². The van der Waals surface area contributed by atoms with Crippen molar-refractivity contribution in [3.05, 3.63) is 18.0 Å². The maximum Gasteiger partial charge on any atom is 0.435 e. The van der Waals surface area contributed by atoms with Crippen LogP contribution < -0.4 is 0 Å². The number of hydrogen-bond donors (Lipinski definition) is 0. The summed E-state index contributed by atoms with van der Waals surface area (Å²) < 4.78 is 39.5. The Kier molecular flexibility index (Phi) is 4.71. The Morgan fingerprint density at radius 2 is 1.62 bits per heavy atom. The van der Waals surface area contributed by atoms with Crippen molar-refractivity contribution in [2.24, 2.45) is 5.92 Å². The maximum atomic E-state index is 12.8. The van der Waals surface area contributed by atoms with E-state index in [9.17, 15) is 18.0 Å². The van der Waals surface area contributed by atoms with Crippen molar-refractivity contribution < 1.29 is 18.0 Å². The number of likely N-dealkylation sites (tertiary alicyclic amines) is 2. The predicted molar refractivity (Wildman–Crippen MR) is 89.4 cm³/mol. The van der Waals surface area contributed by atoms with E-state index < -0.39 is 11.9 Å². The number of alkyl halides is 3. The lowest BCUT2D eigenvalue weighted by Crippen LogP contribution is -2.46. The molecule has 1 saturated carbocycles. The highest BCUT2D eigenvalue weighted by molar-refractivity contribution is 5.79. The summed E-state index contributed by atoms with van der Waals surface area (Å²) in [5.74, 6) is 0.346. The van der Waals surface area contributed by atoms with E-state index in [1.54, 1.807) is 0 Å². The van der Waals surface area contributed by atoms with Crippen LogP contribution in [0.15, 0.2) is 12.3 Å². The highest BCUT2D eigenvalue weighted by Crippen LogP contribution is 2.33. The van der Waals surface area contributed by atoms with Gasteiger partial charge in [0.1, 0.15) is 0 Å². The molecule has 1 aromatic heterocycles. The number of hydrogen-bond acceptors (Lipinski definition) is 3. The first-order valence-electron chi connectivity index (χ1n) is 9.57. The van der Waals surface area contributed by atoms with Gasteiger partial charge in [0.25, 0.3) is 0 Å². The zero-order chi connectivity index (χ0) is 18.3. The Balaban J connectivity index is 1.28. The summed E-state index contributed by atoms with van der Waals surface area (Å²) in [6.45, 7) is 3.25. The molecule has 144 valence electrons. The highest BCUT2D eigenvalue weighted by Gasteiger charge is 2.37. The standard InChI is InChI=1S/C18H25F3N4O/c19-18(20,21)16-7-12-25(22-16)15-5-10-24(11-6-15)17(26)13-3-8-23(9-4-13)14-1-2-14/h7,12-15H,1-6,8-11H2. The highest BCUT2D eigenvalue weighted by atomic mass is 19.4. The van der Waals surface area contributed by atoms with Gasteiger partial charge in [0.2, 0.25) is 5.91 Å². The van der Waals surface area contributed by atoms with E-state index in [4.69, 9.17) is 0 Å². The second-order valence-electron chi connectivity index (χ2n) is 7.78. The number of rotatable bonds is 3. The zero-order valence-corrected chi connectivity index (χ0v) is 14.8. The summed E-state index contributed by atoms with van der Waals surface area (Å²) in [4.78, 5) is 17.2. The first-order valence-corrected chi connectivity index (χ1v) is 9.57. The number of amides is 1. The van der Waals surface area contributed by atoms with Crippen molar-refractivity contribution in [2.45, 2.75) is 56.8 Å². The molecule has 8 heteroatoms. The minimum atomic E-state index is -4.41. The number of nitrogens with zero attached hydrogens (tertiary/aromatic N) is 4. The summed E-state index contributed by atoms with van der Waals surface area (Å²) in [6, 6.07) is 1.72. The normalized spacial score (nSPS) is 24.2. The summed E-state index contributed by atoms with van der Waals surface area (Å²) in [5, 5.41) is 3.68. The fourth-order valence-corrected chi connectivity index (χ4v) is 4.25. The van der Waals surface area contributed by atoms with Gasteiger partial charge in [-0.3, -0.25) is 9.48 Å². The van der Waals surface area contributed by atoms with Crippen molar-refractivity contribution >= 4 is 5.91 Å². The second-order valence-corrected chi connectivity index (χ2v) is 7.78. The van der Waals surface area contributed by atoms with E-state index in [-0.39, 0.29) is 17.9 Å². The monoisotopic (exact) mass is 370 g/mol. The Labute approximate surface area is 151 Å². The average molecular weight is 370 g/mol. The Morgan fingerprint density at radius 3 is 2.15 bits per heavy atom. The predicted octanol–water partition coefficient (Wildman–Crippen LogP) is 2.94. The lowest BCUT2D eigenvalue weighted by Gasteiger charge is -2.37. The first kappa shape index (κ1) is 17.8. The SMILES string of the molecule is O=C(C1CCN(C2CC2)CC1)N1CCC(n2ccc(C(F)(F)F)n2)CC1. The molecule has 0 atom stereocenters. The van der Waals surface area contributed by atoms with Crippen molar-refractivity contribution in [2.75, 3.05) is 26.2 Å². The summed E-state index contributed by atoms with van der Waals surface area (Å²) >= 11 is 0. The molecule has 1 amide bonds. The third-order valence-electron chi connectivity index (χ3n) is 5.99. The molecule has 0 spiro atoms. The Morgan fingerprint density at radius 1 is 0.962 bits per heavy atom. The maximum absolute atomic E-state index is 12.8. The molecule has 3 heterocycles. The van der Waals surface area contributed by atoms with E-state index in [1.165, 1.54) is 23.7 Å². The van der Waals surface area contributed by atoms with Crippen LogP contribution in [0.25, 0.3) is 0 Å². The molecule has 5 nitrogen and oxygen atoms in total. The molecule has 26 heavy (non-hydrogen) atoms.